The van der Waals surface area contributed by atoms with Gasteiger partial charge in [0.05, 0.1) is 0 Å². The normalized spacial score (nSPS) is 12.9. The lowest BCUT2D eigenvalue weighted by molar-refractivity contribution is 0.0579. The van der Waals surface area contributed by atoms with E-state index in [1.54, 1.807) is 0 Å². The summed E-state index contributed by atoms with van der Waals surface area (Å²) in [6, 6.07) is 0. The van der Waals surface area contributed by atoms with Crippen LogP contribution in [0.25, 0.3) is 0 Å². The van der Waals surface area contributed by atoms with Crippen molar-refractivity contribution in [2.45, 2.75) is 201 Å². The summed E-state index contributed by atoms with van der Waals surface area (Å²) in [7, 11) is -2.62. The Bertz CT molecular complexity index is 428. The third-order valence-corrected chi connectivity index (χ3v) is 11.7. The predicted octanol–water partition coefficient (Wildman–Crippen LogP) is 12.2. The average Bonchev–Trinajstić information content (AvgIpc) is 2.91. The van der Waals surface area contributed by atoms with Gasteiger partial charge in [-0.2, -0.15) is 0 Å². The van der Waals surface area contributed by atoms with Crippen molar-refractivity contribution >= 4 is 8.80 Å². The molecule has 0 bridgehead atoms. The van der Waals surface area contributed by atoms with Crippen molar-refractivity contribution < 1.29 is 13.3 Å². The van der Waals surface area contributed by atoms with Gasteiger partial charge in [0.2, 0.25) is 0 Å². The van der Waals surface area contributed by atoms with Crippen LogP contribution in [0.5, 0.6) is 0 Å². The van der Waals surface area contributed by atoms with E-state index >= 15 is 0 Å². The molecule has 1 unspecified atom stereocenters. The quantitative estimate of drug-likeness (QED) is 0.0609. The number of hydrogen-bond donors (Lipinski definition) is 0. The van der Waals surface area contributed by atoms with Gasteiger partial charge in [0.15, 0.2) is 0 Å². The SMILES string of the molecule is CCCCCCCCCCCCCCCCCCC(CCCCCCCCC)[Si](OCC)(OCC)OCC. The summed E-state index contributed by atoms with van der Waals surface area (Å²) in [5.74, 6) is 0. The monoisotopic (exact) mass is 557 g/mol. The van der Waals surface area contributed by atoms with Gasteiger partial charge in [-0.05, 0) is 33.6 Å². The predicted molar refractivity (Wildman–Crippen MR) is 171 cm³/mol. The van der Waals surface area contributed by atoms with E-state index in [2.05, 4.69) is 34.6 Å². The fourth-order valence-electron chi connectivity index (χ4n) is 5.87. The highest BCUT2D eigenvalue weighted by atomic mass is 28.4. The Morgan fingerprint density at radius 1 is 0.342 bits per heavy atom. The summed E-state index contributed by atoms with van der Waals surface area (Å²) in [5.41, 5.74) is 0.463. The van der Waals surface area contributed by atoms with Crippen molar-refractivity contribution in [3.63, 3.8) is 0 Å². The van der Waals surface area contributed by atoms with Gasteiger partial charge in [0.25, 0.3) is 0 Å². The summed E-state index contributed by atoms with van der Waals surface area (Å²) in [4.78, 5) is 0. The molecule has 0 aliphatic heterocycles. The molecule has 0 aromatic rings. The summed E-state index contributed by atoms with van der Waals surface area (Å²) >= 11 is 0. The molecule has 3 nitrogen and oxygen atoms in total. The van der Waals surface area contributed by atoms with Crippen LogP contribution < -0.4 is 0 Å². The molecule has 0 N–H and O–H groups in total. The minimum Gasteiger partial charge on any atom is -0.374 e. The molecule has 0 aliphatic rings. The number of hydrogen-bond acceptors (Lipinski definition) is 3. The Hall–Kier alpha value is 0.0969. The molecule has 230 valence electrons. The number of unbranched alkanes of at least 4 members (excludes halogenated alkanes) is 21. The van der Waals surface area contributed by atoms with Crippen LogP contribution in [0.1, 0.15) is 195 Å². The van der Waals surface area contributed by atoms with Crippen molar-refractivity contribution in [1.82, 2.24) is 0 Å². The highest BCUT2D eigenvalue weighted by molar-refractivity contribution is 6.62. The third-order valence-electron chi connectivity index (χ3n) is 8.10. The molecule has 0 aromatic heterocycles. The molecule has 0 aromatic carbocycles. The van der Waals surface area contributed by atoms with E-state index in [4.69, 9.17) is 13.3 Å². The summed E-state index contributed by atoms with van der Waals surface area (Å²) < 4.78 is 19.1. The maximum absolute atomic E-state index is 6.36. The first-order chi connectivity index (χ1) is 18.7. The van der Waals surface area contributed by atoms with Crippen molar-refractivity contribution in [1.29, 1.82) is 0 Å². The Morgan fingerprint density at radius 2 is 0.579 bits per heavy atom. The fourth-order valence-corrected chi connectivity index (χ4v) is 9.15. The van der Waals surface area contributed by atoms with Crippen molar-refractivity contribution in [2.75, 3.05) is 19.8 Å². The zero-order valence-corrected chi connectivity index (χ0v) is 28.1. The van der Waals surface area contributed by atoms with Crippen LogP contribution in [0.3, 0.4) is 0 Å². The second-order valence-corrected chi connectivity index (χ2v) is 14.5. The molecule has 38 heavy (non-hydrogen) atoms. The summed E-state index contributed by atoms with van der Waals surface area (Å²) in [6.07, 6.45) is 34.6. The van der Waals surface area contributed by atoms with E-state index in [-0.39, 0.29) is 0 Å². The van der Waals surface area contributed by atoms with Gasteiger partial charge in [0.1, 0.15) is 0 Å². The first-order valence-corrected chi connectivity index (χ1v) is 19.4. The Morgan fingerprint density at radius 3 is 0.816 bits per heavy atom. The molecule has 0 saturated heterocycles. The molecule has 0 aliphatic carbocycles. The molecule has 4 heteroatoms. The standard InChI is InChI=1S/C34H72O3Si/c1-6-11-13-15-17-18-19-20-21-22-23-24-25-27-29-31-33-34(32-30-28-26-16-14-12-7-2)38(35-8-3,36-9-4)37-10-5/h34H,6-33H2,1-5H3. The maximum Gasteiger partial charge on any atom is 0.504 e. The van der Waals surface area contributed by atoms with E-state index in [1.165, 1.54) is 161 Å². The second-order valence-electron chi connectivity index (χ2n) is 11.6. The maximum atomic E-state index is 6.36. The van der Waals surface area contributed by atoms with E-state index < -0.39 is 8.80 Å². The fraction of sp³-hybridized carbons (Fsp3) is 1.00. The summed E-state index contributed by atoms with van der Waals surface area (Å²) in [5, 5.41) is 0. The lowest BCUT2D eigenvalue weighted by Gasteiger charge is -2.35. The van der Waals surface area contributed by atoms with Crippen LogP contribution in [0, 0.1) is 0 Å². The molecule has 0 amide bonds. The van der Waals surface area contributed by atoms with Crippen molar-refractivity contribution in [3.05, 3.63) is 0 Å². The lowest BCUT2D eigenvalue weighted by Crippen LogP contribution is -2.50. The van der Waals surface area contributed by atoms with Gasteiger partial charge in [-0.3, -0.25) is 0 Å². The van der Waals surface area contributed by atoms with Gasteiger partial charge in [0, 0.05) is 25.4 Å². The molecule has 0 radical (unpaired) electrons. The molecule has 0 saturated carbocycles. The van der Waals surface area contributed by atoms with E-state index in [9.17, 15) is 0 Å². The lowest BCUT2D eigenvalue weighted by atomic mass is 10.0. The highest BCUT2D eigenvalue weighted by Crippen LogP contribution is 2.36. The van der Waals surface area contributed by atoms with Gasteiger partial charge >= 0.3 is 8.80 Å². The van der Waals surface area contributed by atoms with Crippen LogP contribution >= 0.6 is 0 Å². The van der Waals surface area contributed by atoms with E-state index in [1.807, 2.05) is 0 Å². The molecular formula is C34H72O3Si. The summed E-state index contributed by atoms with van der Waals surface area (Å²) in [6.45, 7) is 13.0. The molecular weight excluding hydrogens is 484 g/mol. The zero-order valence-electron chi connectivity index (χ0n) is 27.1. The molecule has 1 atom stereocenters. The first-order valence-electron chi connectivity index (χ1n) is 17.6. The second kappa shape index (κ2) is 30.1. The van der Waals surface area contributed by atoms with E-state index in [0.717, 1.165) is 0 Å². The van der Waals surface area contributed by atoms with Crippen LogP contribution in [-0.4, -0.2) is 28.6 Å². The average molecular weight is 557 g/mol. The van der Waals surface area contributed by atoms with Crippen molar-refractivity contribution in [3.8, 4) is 0 Å². The van der Waals surface area contributed by atoms with Crippen LogP contribution in [0.2, 0.25) is 5.54 Å². The topological polar surface area (TPSA) is 27.7 Å². The van der Waals surface area contributed by atoms with Crippen LogP contribution in [0.15, 0.2) is 0 Å². The van der Waals surface area contributed by atoms with Crippen LogP contribution in [0.4, 0.5) is 0 Å². The molecule has 0 spiro atoms. The van der Waals surface area contributed by atoms with Gasteiger partial charge < -0.3 is 13.3 Å². The Labute approximate surface area is 242 Å². The minimum absolute atomic E-state index is 0.463. The van der Waals surface area contributed by atoms with Gasteiger partial charge in [-0.25, -0.2) is 0 Å². The first kappa shape index (κ1) is 38.1. The highest BCUT2D eigenvalue weighted by Gasteiger charge is 2.48. The minimum atomic E-state index is -2.62. The smallest absolute Gasteiger partial charge is 0.374 e. The third kappa shape index (κ3) is 21.9. The zero-order chi connectivity index (χ0) is 28.0. The van der Waals surface area contributed by atoms with E-state index in [0.29, 0.717) is 25.4 Å². The molecule has 0 fully saturated rings. The molecule has 0 heterocycles. The van der Waals surface area contributed by atoms with Crippen LogP contribution in [-0.2, 0) is 13.3 Å². The van der Waals surface area contributed by atoms with Gasteiger partial charge in [-0.1, -0.05) is 162 Å². The van der Waals surface area contributed by atoms with Gasteiger partial charge in [-0.15, -0.1) is 0 Å². The number of rotatable bonds is 32. The molecule has 0 rings (SSSR count). The largest absolute Gasteiger partial charge is 0.504 e. The Kier molecular flexibility index (Phi) is 30.1. The Balaban J connectivity index is 4.18. The van der Waals surface area contributed by atoms with Crippen molar-refractivity contribution in [2.24, 2.45) is 0 Å².